The van der Waals surface area contributed by atoms with E-state index < -0.39 is 0 Å². The van der Waals surface area contributed by atoms with Crippen LogP contribution in [0.25, 0.3) is 28.1 Å². The molecule has 0 saturated carbocycles. The summed E-state index contributed by atoms with van der Waals surface area (Å²) in [7, 11) is 1.67. The zero-order valence-electron chi connectivity index (χ0n) is 14.2. The van der Waals surface area contributed by atoms with Crippen LogP contribution in [0.5, 0.6) is 0 Å². The summed E-state index contributed by atoms with van der Waals surface area (Å²) in [6, 6.07) is 19.1. The minimum Gasteiger partial charge on any atom is -0.293 e. The number of aromatic nitrogens is 2. The predicted octanol–water partition coefficient (Wildman–Crippen LogP) is 3.61. The SMILES string of the molecule is C=C(C#N)n1cc(-c2cccnc2-c2cccc(C#N)c2)ccc1=NC. The van der Waals surface area contributed by atoms with Gasteiger partial charge in [0.05, 0.1) is 17.3 Å². The van der Waals surface area contributed by atoms with E-state index in [4.69, 9.17) is 5.26 Å². The second-order valence-corrected chi connectivity index (χ2v) is 5.52. The van der Waals surface area contributed by atoms with Gasteiger partial charge in [-0.2, -0.15) is 10.5 Å². The van der Waals surface area contributed by atoms with E-state index in [0.29, 0.717) is 11.1 Å². The molecule has 5 nitrogen and oxygen atoms in total. The summed E-state index contributed by atoms with van der Waals surface area (Å²) in [6.45, 7) is 3.78. The van der Waals surface area contributed by atoms with E-state index in [9.17, 15) is 5.26 Å². The van der Waals surface area contributed by atoms with Crippen LogP contribution in [0.1, 0.15) is 5.56 Å². The number of hydrogen-bond acceptors (Lipinski definition) is 4. The maximum Gasteiger partial charge on any atom is 0.132 e. The Balaban J connectivity index is 2.22. The Morgan fingerprint density at radius 2 is 1.96 bits per heavy atom. The van der Waals surface area contributed by atoms with Crippen LogP contribution in [0.15, 0.2) is 72.5 Å². The van der Waals surface area contributed by atoms with Gasteiger partial charge in [0.15, 0.2) is 0 Å². The summed E-state index contributed by atoms with van der Waals surface area (Å²) in [5.74, 6) is 0. The van der Waals surface area contributed by atoms with Gasteiger partial charge in [0.25, 0.3) is 0 Å². The lowest BCUT2D eigenvalue weighted by Crippen LogP contribution is -2.18. The number of nitriles is 2. The van der Waals surface area contributed by atoms with Crippen molar-refractivity contribution in [2.24, 2.45) is 4.99 Å². The van der Waals surface area contributed by atoms with Gasteiger partial charge in [-0.1, -0.05) is 24.8 Å². The minimum atomic E-state index is 0.282. The van der Waals surface area contributed by atoms with Crippen LogP contribution >= 0.6 is 0 Å². The third-order valence-electron chi connectivity index (χ3n) is 3.96. The molecule has 0 atom stereocenters. The highest BCUT2D eigenvalue weighted by Crippen LogP contribution is 2.30. The van der Waals surface area contributed by atoms with E-state index in [-0.39, 0.29) is 5.70 Å². The van der Waals surface area contributed by atoms with Gasteiger partial charge in [-0.25, -0.2) is 0 Å². The topological polar surface area (TPSA) is 77.8 Å². The largest absolute Gasteiger partial charge is 0.293 e. The van der Waals surface area contributed by atoms with Crippen molar-refractivity contribution in [1.29, 1.82) is 10.5 Å². The van der Waals surface area contributed by atoms with Crippen LogP contribution in [0.2, 0.25) is 0 Å². The molecule has 26 heavy (non-hydrogen) atoms. The molecule has 0 saturated heterocycles. The molecular weight excluding hydrogens is 322 g/mol. The Labute approximate surface area is 151 Å². The lowest BCUT2D eigenvalue weighted by molar-refractivity contribution is 0.973. The van der Waals surface area contributed by atoms with Crippen LogP contribution in [0, 0.1) is 22.7 Å². The van der Waals surface area contributed by atoms with Crippen molar-refractivity contribution in [1.82, 2.24) is 9.55 Å². The fourth-order valence-corrected chi connectivity index (χ4v) is 2.71. The van der Waals surface area contributed by atoms with Crippen molar-refractivity contribution in [3.63, 3.8) is 0 Å². The van der Waals surface area contributed by atoms with Crippen molar-refractivity contribution >= 4 is 5.70 Å². The molecule has 2 heterocycles. The summed E-state index contributed by atoms with van der Waals surface area (Å²) in [5.41, 5.74) is 4.88. The highest BCUT2D eigenvalue weighted by Gasteiger charge is 2.11. The van der Waals surface area contributed by atoms with Gasteiger partial charge in [-0.05, 0) is 30.3 Å². The molecule has 3 rings (SSSR count). The molecule has 124 valence electrons. The van der Waals surface area contributed by atoms with E-state index in [1.165, 1.54) is 0 Å². The van der Waals surface area contributed by atoms with E-state index in [0.717, 1.165) is 22.4 Å². The molecule has 0 radical (unpaired) electrons. The average Bonchev–Trinajstić information content (AvgIpc) is 2.72. The molecule has 0 aliphatic heterocycles. The first kappa shape index (κ1) is 16.9. The standard InChI is InChI=1S/C21H15N5/c1-15(12-22)26-14-18(8-9-20(26)24-2)19-7-4-10-25-21(19)17-6-3-5-16(11-17)13-23/h3-11,14H,1H2,2H3. The lowest BCUT2D eigenvalue weighted by atomic mass is 9.99. The van der Waals surface area contributed by atoms with Gasteiger partial charge < -0.3 is 0 Å². The molecule has 0 spiro atoms. The molecule has 1 aromatic carbocycles. The molecule has 2 aromatic heterocycles. The molecule has 0 unspecified atom stereocenters. The monoisotopic (exact) mass is 337 g/mol. The van der Waals surface area contributed by atoms with E-state index in [2.05, 4.69) is 28.7 Å². The second-order valence-electron chi connectivity index (χ2n) is 5.52. The van der Waals surface area contributed by atoms with E-state index >= 15 is 0 Å². The summed E-state index contributed by atoms with van der Waals surface area (Å²) >= 11 is 0. The fraction of sp³-hybridized carbons (Fsp3) is 0.0476. The Hall–Kier alpha value is -3.96. The van der Waals surface area contributed by atoms with Crippen molar-refractivity contribution in [2.45, 2.75) is 0 Å². The first-order valence-electron chi connectivity index (χ1n) is 7.88. The van der Waals surface area contributed by atoms with Crippen molar-refractivity contribution in [3.8, 4) is 34.5 Å². The van der Waals surface area contributed by atoms with Gasteiger partial charge in [-0.3, -0.25) is 14.5 Å². The van der Waals surface area contributed by atoms with E-state index in [1.54, 1.807) is 23.9 Å². The summed E-state index contributed by atoms with van der Waals surface area (Å²) in [5, 5.41) is 18.4. The Bertz CT molecular complexity index is 1140. The molecule has 0 aliphatic rings. The van der Waals surface area contributed by atoms with Crippen LogP contribution < -0.4 is 5.49 Å². The first-order valence-corrected chi connectivity index (χ1v) is 7.88. The lowest BCUT2D eigenvalue weighted by Gasteiger charge is -2.12. The minimum absolute atomic E-state index is 0.282. The van der Waals surface area contributed by atoms with Crippen molar-refractivity contribution in [3.05, 3.63) is 78.6 Å². The molecule has 0 aliphatic carbocycles. The predicted molar refractivity (Wildman–Crippen MR) is 100 cm³/mol. The van der Waals surface area contributed by atoms with Gasteiger partial charge in [0.2, 0.25) is 0 Å². The highest BCUT2D eigenvalue weighted by molar-refractivity contribution is 5.81. The summed E-state index contributed by atoms with van der Waals surface area (Å²) in [6.07, 6.45) is 3.54. The smallest absolute Gasteiger partial charge is 0.132 e. The number of hydrogen-bond donors (Lipinski definition) is 0. The summed E-state index contributed by atoms with van der Waals surface area (Å²) in [4.78, 5) is 8.69. The number of benzene rings is 1. The molecular formula is C21H15N5. The third kappa shape index (κ3) is 3.15. The Morgan fingerprint density at radius 3 is 2.69 bits per heavy atom. The maximum atomic E-state index is 9.20. The Kier molecular flexibility index (Phi) is 4.74. The van der Waals surface area contributed by atoms with Crippen LogP contribution in [-0.2, 0) is 0 Å². The van der Waals surface area contributed by atoms with Crippen molar-refractivity contribution in [2.75, 3.05) is 7.05 Å². The zero-order chi connectivity index (χ0) is 18.5. The second kappa shape index (κ2) is 7.29. The quantitative estimate of drug-likeness (QED) is 0.685. The fourth-order valence-electron chi connectivity index (χ4n) is 2.71. The van der Waals surface area contributed by atoms with Crippen LogP contribution in [0.4, 0.5) is 0 Å². The zero-order valence-corrected chi connectivity index (χ0v) is 14.2. The number of pyridine rings is 2. The number of rotatable bonds is 3. The van der Waals surface area contributed by atoms with Crippen LogP contribution in [0.3, 0.4) is 0 Å². The average molecular weight is 337 g/mol. The van der Waals surface area contributed by atoms with Gasteiger partial charge in [0.1, 0.15) is 17.3 Å². The van der Waals surface area contributed by atoms with Gasteiger partial charge in [-0.15, -0.1) is 0 Å². The van der Waals surface area contributed by atoms with Gasteiger partial charge >= 0.3 is 0 Å². The van der Waals surface area contributed by atoms with E-state index in [1.807, 2.05) is 48.7 Å². The number of allylic oxidation sites excluding steroid dienone is 1. The van der Waals surface area contributed by atoms with Crippen molar-refractivity contribution < 1.29 is 0 Å². The third-order valence-corrected chi connectivity index (χ3v) is 3.96. The molecule has 3 aromatic rings. The summed E-state index contributed by atoms with van der Waals surface area (Å²) < 4.78 is 1.65. The first-order chi connectivity index (χ1) is 12.7. The molecule has 0 fully saturated rings. The molecule has 0 N–H and O–H groups in total. The maximum absolute atomic E-state index is 9.20. The normalized spacial score (nSPS) is 10.8. The molecule has 0 amide bonds. The Morgan fingerprint density at radius 1 is 1.12 bits per heavy atom. The number of nitrogens with zero attached hydrogens (tertiary/aromatic N) is 5. The highest BCUT2D eigenvalue weighted by atomic mass is 15.0. The molecule has 5 heteroatoms. The van der Waals surface area contributed by atoms with Crippen LogP contribution in [-0.4, -0.2) is 16.6 Å². The molecule has 0 bridgehead atoms. The van der Waals surface area contributed by atoms with Gasteiger partial charge in [0, 0.05) is 36.1 Å².